The van der Waals surface area contributed by atoms with Gasteiger partial charge in [-0.1, -0.05) is 60.7 Å². The summed E-state index contributed by atoms with van der Waals surface area (Å²) in [5.74, 6) is 1.02. The quantitative estimate of drug-likeness (QED) is 0.712. The minimum absolute atomic E-state index is 0.0418. The lowest BCUT2D eigenvalue weighted by Gasteiger charge is -2.16. The van der Waals surface area contributed by atoms with E-state index in [1.807, 2.05) is 36.4 Å². The van der Waals surface area contributed by atoms with Crippen molar-refractivity contribution >= 4 is 5.91 Å². The molecule has 0 unspecified atom stereocenters. The third kappa shape index (κ3) is 3.79. The highest BCUT2D eigenvalue weighted by molar-refractivity contribution is 5.80. The van der Waals surface area contributed by atoms with E-state index in [0.717, 1.165) is 12.0 Å². The summed E-state index contributed by atoms with van der Waals surface area (Å²) >= 11 is 0. The number of amides is 1. The molecule has 1 fully saturated rings. The molecule has 132 valence electrons. The molecule has 1 aromatic heterocycles. The molecule has 3 atom stereocenters. The van der Waals surface area contributed by atoms with E-state index in [1.54, 1.807) is 0 Å². The van der Waals surface area contributed by atoms with Crippen molar-refractivity contribution in [2.24, 2.45) is 5.92 Å². The van der Waals surface area contributed by atoms with Gasteiger partial charge in [0.05, 0.1) is 0 Å². The second-order valence-electron chi connectivity index (χ2n) is 6.75. The van der Waals surface area contributed by atoms with Gasteiger partial charge in [-0.05, 0) is 39.8 Å². The fraction of sp³-hybridized carbons (Fsp3) is 0.300. The van der Waals surface area contributed by atoms with E-state index in [2.05, 4.69) is 45.1 Å². The van der Waals surface area contributed by atoms with Crippen LogP contribution >= 0.6 is 0 Å². The number of carbonyl (C=O) groups excluding carboxylic acids is 1. The van der Waals surface area contributed by atoms with Crippen LogP contribution in [0, 0.1) is 5.92 Å². The summed E-state index contributed by atoms with van der Waals surface area (Å²) in [7, 11) is 0. The van der Waals surface area contributed by atoms with Crippen molar-refractivity contribution in [1.29, 1.82) is 0 Å². The minimum atomic E-state index is -0.443. The number of tetrazole rings is 1. The molecule has 6 heteroatoms. The van der Waals surface area contributed by atoms with Crippen molar-refractivity contribution in [2.45, 2.75) is 24.8 Å². The molecule has 1 aliphatic carbocycles. The highest BCUT2D eigenvalue weighted by Gasteiger charge is 2.38. The average molecular weight is 347 g/mol. The summed E-state index contributed by atoms with van der Waals surface area (Å²) in [4.78, 5) is 12.8. The van der Waals surface area contributed by atoms with E-state index in [1.165, 1.54) is 16.6 Å². The Balaban J connectivity index is 1.38. The molecule has 0 saturated heterocycles. The van der Waals surface area contributed by atoms with Crippen molar-refractivity contribution in [3.8, 4) is 0 Å². The Morgan fingerprint density at radius 3 is 2.54 bits per heavy atom. The molecule has 0 spiro atoms. The Labute approximate surface area is 152 Å². The summed E-state index contributed by atoms with van der Waals surface area (Å²) in [5, 5.41) is 14.4. The van der Waals surface area contributed by atoms with Gasteiger partial charge in [0.1, 0.15) is 12.4 Å². The van der Waals surface area contributed by atoms with Gasteiger partial charge in [-0.2, -0.15) is 0 Å². The maximum absolute atomic E-state index is 12.8. The molecular formula is C20H21N5O. The molecule has 3 aromatic rings. The van der Waals surface area contributed by atoms with E-state index in [-0.39, 0.29) is 5.91 Å². The zero-order valence-electron chi connectivity index (χ0n) is 14.4. The first-order chi connectivity index (χ1) is 12.8. The molecule has 0 radical (unpaired) electrons. The molecular weight excluding hydrogens is 326 g/mol. The summed E-state index contributed by atoms with van der Waals surface area (Å²) in [5.41, 5.74) is 2.43. The normalized spacial score (nSPS) is 19.7. The summed E-state index contributed by atoms with van der Waals surface area (Å²) in [6.45, 7) is 0.686. The standard InChI is InChI=1S/C20H21N5O/c26-20(21-13-17-12-18(17)16-9-5-2-6-10-16)19(25-14-22-23-24-25)11-15-7-3-1-4-8-15/h1-10,14,17-19H,11-13H2,(H,21,26)/t17-,18+,19+/m0/s1. The minimum Gasteiger partial charge on any atom is -0.354 e. The van der Waals surface area contributed by atoms with Crippen LogP contribution in [-0.2, 0) is 11.2 Å². The average Bonchev–Trinajstić information content (AvgIpc) is 3.27. The van der Waals surface area contributed by atoms with E-state index >= 15 is 0 Å². The van der Waals surface area contributed by atoms with Crippen molar-refractivity contribution in [2.75, 3.05) is 6.54 Å². The van der Waals surface area contributed by atoms with Crippen molar-refractivity contribution in [3.05, 3.63) is 78.1 Å². The van der Waals surface area contributed by atoms with Crippen molar-refractivity contribution < 1.29 is 4.79 Å². The van der Waals surface area contributed by atoms with Crippen LogP contribution in [0.3, 0.4) is 0 Å². The lowest BCUT2D eigenvalue weighted by molar-refractivity contribution is -0.124. The molecule has 1 heterocycles. The Kier molecular flexibility index (Phi) is 4.73. The maximum Gasteiger partial charge on any atom is 0.245 e. The van der Waals surface area contributed by atoms with E-state index in [9.17, 15) is 4.79 Å². The van der Waals surface area contributed by atoms with Crippen LogP contribution in [0.5, 0.6) is 0 Å². The van der Waals surface area contributed by atoms with Crippen LogP contribution in [0.15, 0.2) is 67.0 Å². The van der Waals surface area contributed by atoms with Crippen LogP contribution in [-0.4, -0.2) is 32.7 Å². The second-order valence-corrected chi connectivity index (χ2v) is 6.75. The van der Waals surface area contributed by atoms with Gasteiger partial charge < -0.3 is 5.32 Å². The maximum atomic E-state index is 12.8. The van der Waals surface area contributed by atoms with Gasteiger partial charge in [-0.15, -0.1) is 5.10 Å². The largest absolute Gasteiger partial charge is 0.354 e. The third-order valence-electron chi connectivity index (χ3n) is 4.95. The predicted octanol–water partition coefficient (Wildman–Crippen LogP) is 2.38. The first kappa shape index (κ1) is 16.4. The predicted molar refractivity (Wildman–Crippen MR) is 97.3 cm³/mol. The van der Waals surface area contributed by atoms with E-state index in [0.29, 0.717) is 24.8 Å². The number of nitrogens with one attached hydrogen (secondary N) is 1. The van der Waals surface area contributed by atoms with Gasteiger partial charge in [0.25, 0.3) is 0 Å². The SMILES string of the molecule is O=C(NC[C@@H]1C[C@@H]1c1ccccc1)[C@@H](Cc1ccccc1)n1cnnn1. The van der Waals surface area contributed by atoms with Crippen LogP contribution < -0.4 is 5.32 Å². The Morgan fingerprint density at radius 1 is 1.12 bits per heavy atom. The number of hydrogen-bond donors (Lipinski definition) is 1. The smallest absolute Gasteiger partial charge is 0.245 e. The zero-order valence-corrected chi connectivity index (χ0v) is 14.4. The third-order valence-corrected chi connectivity index (χ3v) is 4.95. The first-order valence-corrected chi connectivity index (χ1v) is 8.90. The number of hydrogen-bond acceptors (Lipinski definition) is 4. The topological polar surface area (TPSA) is 72.7 Å². The first-order valence-electron chi connectivity index (χ1n) is 8.90. The summed E-state index contributed by atoms with van der Waals surface area (Å²) in [6.07, 6.45) is 3.18. The molecule has 1 aliphatic rings. The van der Waals surface area contributed by atoms with Gasteiger partial charge in [0.15, 0.2) is 0 Å². The van der Waals surface area contributed by atoms with E-state index < -0.39 is 6.04 Å². The van der Waals surface area contributed by atoms with Crippen LogP contribution in [0.1, 0.15) is 29.5 Å². The van der Waals surface area contributed by atoms with Crippen molar-refractivity contribution in [3.63, 3.8) is 0 Å². The number of carbonyl (C=O) groups is 1. The van der Waals surface area contributed by atoms with Crippen molar-refractivity contribution in [1.82, 2.24) is 25.5 Å². The van der Waals surface area contributed by atoms with Gasteiger partial charge >= 0.3 is 0 Å². The molecule has 0 bridgehead atoms. The molecule has 26 heavy (non-hydrogen) atoms. The molecule has 4 rings (SSSR count). The molecule has 1 N–H and O–H groups in total. The van der Waals surface area contributed by atoms with Gasteiger partial charge in [0, 0.05) is 13.0 Å². The lowest BCUT2D eigenvalue weighted by Crippen LogP contribution is -2.35. The number of rotatable bonds is 7. The Bertz CT molecular complexity index is 835. The number of aromatic nitrogens is 4. The molecule has 6 nitrogen and oxygen atoms in total. The van der Waals surface area contributed by atoms with Crippen LogP contribution in [0.2, 0.25) is 0 Å². The summed E-state index contributed by atoms with van der Waals surface area (Å²) in [6, 6.07) is 20.0. The molecule has 2 aromatic carbocycles. The summed E-state index contributed by atoms with van der Waals surface area (Å²) < 4.78 is 1.53. The lowest BCUT2D eigenvalue weighted by atomic mass is 10.1. The van der Waals surface area contributed by atoms with Gasteiger partial charge in [-0.3, -0.25) is 4.79 Å². The van der Waals surface area contributed by atoms with E-state index in [4.69, 9.17) is 0 Å². The number of nitrogens with zero attached hydrogens (tertiary/aromatic N) is 4. The highest BCUT2D eigenvalue weighted by atomic mass is 16.2. The number of benzene rings is 2. The van der Waals surface area contributed by atoms with Gasteiger partial charge in [0.2, 0.25) is 5.91 Å². The molecule has 1 amide bonds. The highest BCUT2D eigenvalue weighted by Crippen LogP contribution is 2.46. The van der Waals surface area contributed by atoms with Crippen LogP contribution in [0.25, 0.3) is 0 Å². The fourth-order valence-electron chi connectivity index (χ4n) is 3.39. The zero-order chi connectivity index (χ0) is 17.8. The Hall–Kier alpha value is -3.02. The monoisotopic (exact) mass is 347 g/mol. The van der Waals surface area contributed by atoms with Crippen LogP contribution in [0.4, 0.5) is 0 Å². The second kappa shape index (κ2) is 7.47. The Morgan fingerprint density at radius 2 is 1.85 bits per heavy atom. The van der Waals surface area contributed by atoms with Gasteiger partial charge in [-0.25, -0.2) is 4.68 Å². The molecule has 1 saturated carbocycles. The fourth-order valence-corrected chi connectivity index (χ4v) is 3.39. The molecule has 0 aliphatic heterocycles.